The molecule has 0 radical (unpaired) electrons. The average Bonchev–Trinajstić information content (AvgIpc) is 3.21. The molecule has 34 heavy (non-hydrogen) atoms. The molecule has 0 spiro atoms. The summed E-state index contributed by atoms with van der Waals surface area (Å²) in [5, 5.41) is 10.2. The summed E-state index contributed by atoms with van der Waals surface area (Å²) in [4.78, 5) is 24.0. The zero-order valence-corrected chi connectivity index (χ0v) is 21.3. The lowest BCUT2D eigenvalue weighted by molar-refractivity contribution is -0.123. The van der Waals surface area contributed by atoms with Crippen molar-refractivity contribution in [3.63, 3.8) is 0 Å². The molecule has 1 aromatic carbocycles. The number of nitrogens with one attached hydrogen (secondary N) is 1. The summed E-state index contributed by atoms with van der Waals surface area (Å²) in [6.45, 7) is 7.78. The molecule has 3 heterocycles. The zero-order chi connectivity index (χ0) is 24.1. The van der Waals surface area contributed by atoms with Crippen LogP contribution in [0.1, 0.15) is 13.8 Å². The summed E-state index contributed by atoms with van der Waals surface area (Å²) in [7, 11) is 0. The molecular formula is C22H26Cl2N6O3S. The van der Waals surface area contributed by atoms with Crippen molar-refractivity contribution < 1.29 is 14.3 Å². The molecule has 12 heteroatoms. The van der Waals surface area contributed by atoms with Crippen LogP contribution in [0.5, 0.6) is 5.75 Å². The standard InChI is InChI=1S/C22H26Cl2N6O3S/c1-14(2)34-22-27-20(29-7-9-32-10-8-29)16-12-26-30(21(16)28-22)6-5-25-19(31)13-33-18-4-3-15(23)11-17(18)24/h3-4,11-12,14H,5-10,13H2,1-2H3,(H,25,31). The number of aromatic nitrogens is 4. The highest BCUT2D eigenvalue weighted by molar-refractivity contribution is 7.99. The van der Waals surface area contributed by atoms with Gasteiger partial charge in [-0.1, -0.05) is 48.8 Å². The molecule has 4 rings (SSSR count). The third-order valence-corrected chi connectivity index (χ3v) is 6.40. The highest BCUT2D eigenvalue weighted by atomic mass is 35.5. The third-order valence-electron chi connectivity index (χ3n) is 5.01. The minimum atomic E-state index is -0.262. The highest BCUT2D eigenvalue weighted by Gasteiger charge is 2.20. The third kappa shape index (κ3) is 6.24. The van der Waals surface area contributed by atoms with Crippen LogP contribution in [0.15, 0.2) is 29.6 Å². The highest BCUT2D eigenvalue weighted by Crippen LogP contribution is 2.29. The van der Waals surface area contributed by atoms with Gasteiger partial charge in [-0.25, -0.2) is 14.6 Å². The minimum absolute atomic E-state index is 0.153. The van der Waals surface area contributed by atoms with Gasteiger partial charge in [-0.05, 0) is 18.2 Å². The van der Waals surface area contributed by atoms with E-state index < -0.39 is 0 Å². The van der Waals surface area contributed by atoms with Gasteiger partial charge in [-0.2, -0.15) is 5.10 Å². The maximum atomic E-state index is 12.2. The van der Waals surface area contributed by atoms with Gasteiger partial charge < -0.3 is 19.7 Å². The molecule has 1 amide bonds. The molecule has 2 aromatic heterocycles. The van der Waals surface area contributed by atoms with Gasteiger partial charge in [0, 0.05) is 29.9 Å². The Kier molecular flexibility index (Phi) is 8.36. The Labute approximate surface area is 212 Å². The van der Waals surface area contributed by atoms with Gasteiger partial charge in [0.2, 0.25) is 0 Å². The van der Waals surface area contributed by atoms with E-state index in [0.29, 0.717) is 52.5 Å². The lowest BCUT2D eigenvalue weighted by atomic mass is 10.3. The number of hydrogen-bond donors (Lipinski definition) is 1. The minimum Gasteiger partial charge on any atom is -0.482 e. The van der Waals surface area contributed by atoms with Crippen molar-refractivity contribution in [2.24, 2.45) is 0 Å². The molecular weight excluding hydrogens is 499 g/mol. The van der Waals surface area contributed by atoms with E-state index in [4.69, 9.17) is 42.6 Å². The maximum Gasteiger partial charge on any atom is 0.258 e. The first-order valence-electron chi connectivity index (χ1n) is 11.0. The van der Waals surface area contributed by atoms with Gasteiger partial charge in [-0.15, -0.1) is 0 Å². The molecule has 182 valence electrons. The smallest absolute Gasteiger partial charge is 0.258 e. The Morgan fingerprint density at radius 2 is 2.06 bits per heavy atom. The van der Waals surface area contributed by atoms with Gasteiger partial charge in [0.25, 0.3) is 5.91 Å². The number of thioether (sulfide) groups is 1. The number of morpholine rings is 1. The number of halogens is 2. The van der Waals surface area contributed by atoms with Crippen LogP contribution < -0.4 is 15.0 Å². The van der Waals surface area contributed by atoms with Crippen LogP contribution in [-0.2, 0) is 16.1 Å². The zero-order valence-electron chi connectivity index (χ0n) is 19.0. The largest absolute Gasteiger partial charge is 0.482 e. The van der Waals surface area contributed by atoms with E-state index in [1.807, 2.05) is 0 Å². The molecule has 0 bridgehead atoms. The first-order chi connectivity index (χ1) is 16.4. The molecule has 1 N–H and O–H groups in total. The number of fused-ring (bicyclic) bond motifs is 1. The molecule has 1 aliphatic rings. The summed E-state index contributed by atoms with van der Waals surface area (Å²) in [6.07, 6.45) is 1.79. The monoisotopic (exact) mass is 524 g/mol. The number of amides is 1. The summed E-state index contributed by atoms with van der Waals surface area (Å²) in [6, 6.07) is 4.85. The molecule has 0 saturated carbocycles. The first kappa shape index (κ1) is 24.8. The topological polar surface area (TPSA) is 94.4 Å². The van der Waals surface area contributed by atoms with Crippen LogP contribution in [0.3, 0.4) is 0 Å². The molecule has 0 atom stereocenters. The average molecular weight is 525 g/mol. The van der Waals surface area contributed by atoms with Gasteiger partial charge in [0.15, 0.2) is 17.4 Å². The number of benzene rings is 1. The van der Waals surface area contributed by atoms with E-state index in [0.717, 1.165) is 29.9 Å². The molecule has 1 saturated heterocycles. The molecule has 3 aromatic rings. The fraction of sp³-hybridized carbons (Fsp3) is 0.455. The SMILES string of the molecule is CC(C)Sc1nc(N2CCOCC2)c2cnn(CCNC(=O)COc3ccc(Cl)cc3Cl)c2n1. The predicted molar refractivity (Wildman–Crippen MR) is 134 cm³/mol. The normalized spacial score (nSPS) is 14.1. The Morgan fingerprint density at radius 3 is 2.79 bits per heavy atom. The van der Waals surface area contributed by atoms with Crippen molar-refractivity contribution in [1.82, 2.24) is 25.1 Å². The first-order valence-corrected chi connectivity index (χ1v) is 12.6. The van der Waals surface area contributed by atoms with Gasteiger partial charge in [0.05, 0.1) is 36.4 Å². The molecule has 0 aliphatic carbocycles. The van der Waals surface area contributed by atoms with E-state index >= 15 is 0 Å². The Hall–Kier alpha value is -2.27. The summed E-state index contributed by atoms with van der Waals surface area (Å²) >= 11 is 13.6. The van der Waals surface area contributed by atoms with Crippen molar-refractivity contribution in [1.29, 1.82) is 0 Å². The lowest BCUT2D eigenvalue weighted by Crippen LogP contribution is -2.37. The van der Waals surface area contributed by atoms with Crippen molar-refractivity contribution in [3.05, 3.63) is 34.4 Å². The predicted octanol–water partition coefficient (Wildman–Crippen LogP) is 3.67. The maximum absolute atomic E-state index is 12.2. The van der Waals surface area contributed by atoms with Gasteiger partial charge in [-0.3, -0.25) is 4.79 Å². The van der Waals surface area contributed by atoms with Crippen LogP contribution in [0.4, 0.5) is 5.82 Å². The lowest BCUT2D eigenvalue weighted by Gasteiger charge is -2.28. The summed E-state index contributed by atoms with van der Waals surface area (Å²) < 4.78 is 12.8. The fourth-order valence-electron chi connectivity index (χ4n) is 3.45. The number of nitrogens with zero attached hydrogens (tertiary/aromatic N) is 5. The van der Waals surface area contributed by atoms with Crippen LogP contribution >= 0.6 is 35.0 Å². The molecule has 0 unspecified atom stereocenters. The van der Waals surface area contributed by atoms with Crippen molar-refractivity contribution in [2.75, 3.05) is 44.4 Å². The molecule has 1 fully saturated rings. The second-order valence-electron chi connectivity index (χ2n) is 7.91. The van der Waals surface area contributed by atoms with Crippen LogP contribution in [0, 0.1) is 0 Å². The van der Waals surface area contributed by atoms with Crippen molar-refractivity contribution in [3.8, 4) is 5.75 Å². The number of rotatable bonds is 9. The number of anilines is 1. The number of ether oxygens (including phenoxy) is 2. The van der Waals surface area contributed by atoms with E-state index in [1.54, 1.807) is 40.8 Å². The molecule has 9 nitrogen and oxygen atoms in total. The second-order valence-corrected chi connectivity index (χ2v) is 10.3. The van der Waals surface area contributed by atoms with E-state index in [1.165, 1.54) is 0 Å². The number of carbonyl (C=O) groups excluding carboxylic acids is 1. The Balaban J connectivity index is 1.41. The van der Waals surface area contributed by atoms with Crippen LogP contribution in [0.2, 0.25) is 10.0 Å². The fourth-order valence-corrected chi connectivity index (χ4v) is 4.62. The van der Waals surface area contributed by atoms with Crippen molar-refractivity contribution >= 4 is 57.7 Å². The van der Waals surface area contributed by atoms with E-state index in [2.05, 4.69) is 29.2 Å². The quantitative estimate of drug-likeness (QED) is 0.334. The van der Waals surface area contributed by atoms with Crippen molar-refractivity contribution in [2.45, 2.75) is 30.8 Å². The van der Waals surface area contributed by atoms with E-state index in [9.17, 15) is 4.79 Å². The Morgan fingerprint density at radius 1 is 1.26 bits per heavy atom. The molecule has 1 aliphatic heterocycles. The van der Waals surface area contributed by atoms with Crippen LogP contribution in [0.25, 0.3) is 11.0 Å². The summed E-state index contributed by atoms with van der Waals surface area (Å²) in [5.74, 6) is 1.02. The second kappa shape index (κ2) is 11.4. The number of carbonyl (C=O) groups is 1. The van der Waals surface area contributed by atoms with Gasteiger partial charge in [0.1, 0.15) is 11.6 Å². The summed E-state index contributed by atoms with van der Waals surface area (Å²) in [5.41, 5.74) is 0.748. The van der Waals surface area contributed by atoms with E-state index in [-0.39, 0.29) is 12.5 Å². The number of hydrogen-bond acceptors (Lipinski definition) is 8. The van der Waals surface area contributed by atoms with Crippen LogP contribution in [-0.4, -0.2) is 70.4 Å². The Bertz CT molecular complexity index is 1150. The van der Waals surface area contributed by atoms with Gasteiger partial charge >= 0.3 is 0 Å².